The maximum absolute atomic E-state index is 6.76. The second-order valence-corrected chi connectivity index (χ2v) is 17.9. The third kappa shape index (κ3) is 6.85. The van der Waals surface area contributed by atoms with Crippen molar-refractivity contribution in [1.29, 1.82) is 0 Å². The van der Waals surface area contributed by atoms with Gasteiger partial charge in [-0.2, -0.15) is 0 Å². The Kier molecular flexibility index (Phi) is 9.11. The zero-order chi connectivity index (χ0) is 39.7. The van der Waals surface area contributed by atoms with E-state index in [0.29, 0.717) is 0 Å². The maximum atomic E-state index is 6.76. The first-order chi connectivity index (χ1) is 26.5. The summed E-state index contributed by atoms with van der Waals surface area (Å²) in [5.41, 5.74) is 15.8. The van der Waals surface area contributed by atoms with Gasteiger partial charge < -0.3 is 14.5 Å². The molecule has 0 saturated heterocycles. The predicted molar refractivity (Wildman–Crippen MR) is 237 cm³/mol. The molecule has 7 aromatic rings. The normalized spacial score (nSPS) is 13.4. The molecule has 0 aliphatic carbocycles. The first kappa shape index (κ1) is 37.1. The number of hydrogen-bond acceptors (Lipinski definition) is 4. The van der Waals surface area contributed by atoms with E-state index >= 15 is 0 Å². The Morgan fingerprint density at radius 1 is 0.589 bits per heavy atom. The fourth-order valence-electron chi connectivity index (χ4n) is 8.48. The topological polar surface area (TPSA) is 33.5 Å². The van der Waals surface area contributed by atoms with Gasteiger partial charge in [-0.05, 0) is 132 Å². The van der Waals surface area contributed by atoms with Crippen LogP contribution in [0.5, 0.6) is 11.5 Å². The number of fused-ring (bicyclic) bond motifs is 3. The van der Waals surface area contributed by atoms with Crippen molar-refractivity contribution in [3.63, 3.8) is 0 Å². The highest BCUT2D eigenvalue weighted by molar-refractivity contribution is 6.09. The smallest absolute Gasteiger partial charge is 0.138 e. The van der Waals surface area contributed by atoms with Gasteiger partial charge in [0.05, 0.1) is 17.7 Å². The van der Waals surface area contributed by atoms with Crippen LogP contribution in [-0.2, 0) is 10.8 Å². The van der Waals surface area contributed by atoms with E-state index in [2.05, 4.69) is 200 Å². The molecule has 8 rings (SSSR count). The molecule has 1 aliphatic heterocycles. The molecule has 2 aromatic heterocycles. The molecular weight excluding hydrogens is 685 g/mol. The van der Waals surface area contributed by atoms with Crippen LogP contribution in [0.4, 0.5) is 11.4 Å². The van der Waals surface area contributed by atoms with Crippen LogP contribution in [0.1, 0.15) is 80.5 Å². The second kappa shape index (κ2) is 13.7. The van der Waals surface area contributed by atoms with Crippen LogP contribution in [0, 0.1) is 34.6 Å². The molecule has 0 spiro atoms. The van der Waals surface area contributed by atoms with Gasteiger partial charge in [-0.25, -0.2) is 4.98 Å². The van der Waals surface area contributed by atoms with Gasteiger partial charge in [-0.3, -0.25) is 4.57 Å². The second-order valence-electron chi connectivity index (χ2n) is 17.9. The van der Waals surface area contributed by atoms with Crippen LogP contribution in [-0.4, -0.2) is 16.2 Å². The first-order valence-electron chi connectivity index (χ1n) is 19.8. The van der Waals surface area contributed by atoms with Crippen LogP contribution in [0.3, 0.4) is 0 Å². The molecule has 0 atom stereocenters. The predicted octanol–water partition coefficient (Wildman–Crippen LogP) is 13.5. The van der Waals surface area contributed by atoms with Gasteiger partial charge in [-0.1, -0.05) is 89.6 Å². The summed E-state index contributed by atoms with van der Waals surface area (Å²) in [5, 5.41) is 2.37. The molecule has 56 heavy (non-hydrogen) atoms. The minimum absolute atomic E-state index is 0.00779. The van der Waals surface area contributed by atoms with Crippen molar-refractivity contribution in [1.82, 2.24) is 9.55 Å². The highest BCUT2D eigenvalue weighted by atomic mass is 16.5. The fourth-order valence-corrected chi connectivity index (χ4v) is 8.48. The van der Waals surface area contributed by atoms with E-state index in [0.717, 1.165) is 51.8 Å². The van der Waals surface area contributed by atoms with E-state index in [9.17, 15) is 0 Å². The monoisotopic (exact) mass is 738 g/mol. The third-order valence-corrected chi connectivity index (χ3v) is 11.2. The Bertz CT molecular complexity index is 2660. The van der Waals surface area contributed by atoms with Crippen LogP contribution >= 0.6 is 0 Å². The lowest BCUT2D eigenvalue weighted by atomic mass is 9.85. The number of rotatable bonds is 6. The first-order valence-corrected chi connectivity index (χ1v) is 19.8. The van der Waals surface area contributed by atoms with Gasteiger partial charge >= 0.3 is 0 Å². The van der Waals surface area contributed by atoms with Gasteiger partial charge in [0.1, 0.15) is 17.3 Å². The molecule has 0 amide bonds. The summed E-state index contributed by atoms with van der Waals surface area (Å²) in [7, 11) is 0. The third-order valence-electron chi connectivity index (χ3n) is 11.2. The number of ether oxygens (including phenoxy) is 1. The van der Waals surface area contributed by atoms with Gasteiger partial charge in [-0.15, -0.1) is 0 Å². The van der Waals surface area contributed by atoms with Gasteiger partial charge in [0.15, 0.2) is 0 Å². The molecular formula is C51H54N4O. The number of hydrogen-bond donors (Lipinski definition) is 0. The zero-order valence-corrected chi connectivity index (χ0v) is 34.9. The average molecular weight is 739 g/mol. The van der Waals surface area contributed by atoms with E-state index in [1.807, 2.05) is 6.20 Å². The number of pyridine rings is 1. The Balaban J connectivity index is 1.20. The van der Waals surface area contributed by atoms with Crippen molar-refractivity contribution in [2.45, 2.75) is 87.0 Å². The lowest BCUT2D eigenvalue weighted by Gasteiger charge is -2.29. The molecule has 0 unspecified atom stereocenters. The van der Waals surface area contributed by atoms with E-state index in [4.69, 9.17) is 9.72 Å². The Morgan fingerprint density at radius 2 is 1.25 bits per heavy atom. The average Bonchev–Trinajstić information content (AvgIpc) is 3.74. The van der Waals surface area contributed by atoms with Crippen molar-refractivity contribution in [2.75, 3.05) is 16.5 Å². The molecule has 0 N–H and O–H groups in total. The lowest BCUT2D eigenvalue weighted by Crippen LogP contribution is -2.27. The highest BCUT2D eigenvalue weighted by Crippen LogP contribution is 2.40. The summed E-state index contributed by atoms with van der Waals surface area (Å²) in [6, 6.07) is 35.4. The molecule has 0 radical (unpaired) electrons. The van der Waals surface area contributed by atoms with Crippen molar-refractivity contribution >= 4 is 33.2 Å². The SMILES string of the molecule is Cc1cc(Oc2ccc3c4ccc(C(C)(C)C)cc4n(-c4cc(-c5c(C)cc(C)cc5C)c(C)cn4)c3c2)cc(N2C=CN(c3ccccc3C(C)(C)C)C2)c1. The van der Waals surface area contributed by atoms with Crippen LogP contribution in [0.2, 0.25) is 0 Å². The molecule has 284 valence electrons. The fraction of sp³-hybridized carbons (Fsp3) is 0.275. The highest BCUT2D eigenvalue weighted by Gasteiger charge is 2.25. The van der Waals surface area contributed by atoms with E-state index in [1.54, 1.807) is 0 Å². The molecule has 5 heteroatoms. The Hall–Kier alpha value is -5.81. The van der Waals surface area contributed by atoms with Gasteiger partial charge in [0, 0.05) is 52.9 Å². The minimum Gasteiger partial charge on any atom is -0.457 e. The summed E-state index contributed by atoms with van der Waals surface area (Å²) >= 11 is 0. The summed E-state index contributed by atoms with van der Waals surface area (Å²) in [5.74, 6) is 2.48. The summed E-state index contributed by atoms with van der Waals surface area (Å²) in [6.07, 6.45) is 6.37. The largest absolute Gasteiger partial charge is 0.457 e. The summed E-state index contributed by atoms with van der Waals surface area (Å²) in [6.45, 7) is 25.3. The van der Waals surface area contributed by atoms with Crippen molar-refractivity contribution in [3.8, 4) is 28.4 Å². The van der Waals surface area contributed by atoms with Crippen molar-refractivity contribution in [3.05, 3.63) is 155 Å². The molecule has 1 aliphatic rings. The number of anilines is 2. The Morgan fingerprint density at radius 3 is 1.96 bits per heavy atom. The standard InChI is InChI=1S/C51H54N4O/c1-32-22-34(3)49(35(4)23-32)43-29-48(52-30-36(43)5)55-46-26-37(50(6,7)8)16-18-41(46)42-19-17-39(28-47(42)55)56-40-25-33(2)24-38(27-40)53-20-21-54(31-53)45-15-13-12-14-44(45)51(9,10)11/h12-30H,31H2,1-11H3. The van der Waals surface area contributed by atoms with Gasteiger partial charge in [0.2, 0.25) is 0 Å². The van der Waals surface area contributed by atoms with Crippen LogP contribution < -0.4 is 14.5 Å². The number of nitrogens with zero attached hydrogens (tertiary/aromatic N) is 4. The van der Waals surface area contributed by atoms with Crippen molar-refractivity contribution < 1.29 is 4.74 Å². The maximum Gasteiger partial charge on any atom is 0.138 e. The quantitative estimate of drug-likeness (QED) is 0.170. The molecule has 0 bridgehead atoms. The molecule has 0 fully saturated rings. The Labute approximate surface area is 332 Å². The van der Waals surface area contributed by atoms with E-state index < -0.39 is 0 Å². The number of aromatic nitrogens is 2. The lowest BCUT2D eigenvalue weighted by molar-refractivity contribution is 0.483. The summed E-state index contributed by atoms with van der Waals surface area (Å²) < 4.78 is 9.09. The number of para-hydroxylation sites is 1. The van der Waals surface area contributed by atoms with Crippen LogP contribution in [0.25, 0.3) is 38.8 Å². The van der Waals surface area contributed by atoms with Crippen LogP contribution in [0.15, 0.2) is 116 Å². The molecule has 3 heterocycles. The van der Waals surface area contributed by atoms with Crippen molar-refractivity contribution in [2.24, 2.45) is 0 Å². The number of benzene rings is 5. The molecule has 5 aromatic carbocycles. The zero-order valence-electron chi connectivity index (χ0n) is 34.9. The van der Waals surface area contributed by atoms with E-state index in [1.165, 1.54) is 55.4 Å². The van der Waals surface area contributed by atoms with E-state index in [-0.39, 0.29) is 10.8 Å². The summed E-state index contributed by atoms with van der Waals surface area (Å²) in [4.78, 5) is 9.72. The minimum atomic E-state index is -0.00779. The van der Waals surface area contributed by atoms with Gasteiger partial charge in [0.25, 0.3) is 0 Å². The molecule has 5 nitrogen and oxygen atoms in total. The number of aryl methyl sites for hydroxylation is 5. The molecule has 0 saturated carbocycles.